The van der Waals surface area contributed by atoms with E-state index in [1.165, 1.54) is 32.8 Å². The van der Waals surface area contributed by atoms with Crippen molar-refractivity contribution in [1.82, 2.24) is 24.5 Å². The summed E-state index contributed by atoms with van der Waals surface area (Å²) in [6, 6.07) is 33.4. The van der Waals surface area contributed by atoms with Crippen molar-refractivity contribution < 1.29 is 28.7 Å². The lowest BCUT2D eigenvalue weighted by atomic mass is 9.76. The Bertz CT molecular complexity index is 3560. The number of hydrogen-bond donors (Lipinski definition) is 0. The number of carbonyl (C=O) groups is 4. The van der Waals surface area contributed by atoms with Crippen LogP contribution in [0.2, 0.25) is 0 Å². The molecular weight excluding hydrogens is 939 g/mol. The van der Waals surface area contributed by atoms with E-state index in [9.17, 15) is 9.59 Å². The molecular formula is C62H61N7O6. The van der Waals surface area contributed by atoms with Crippen molar-refractivity contribution in [2.75, 3.05) is 24.0 Å². The molecule has 3 fully saturated rings. The van der Waals surface area contributed by atoms with Crippen molar-refractivity contribution in [2.24, 2.45) is 37.8 Å². The number of aryl methyl sites for hydroxylation is 2. The van der Waals surface area contributed by atoms with Gasteiger partial charge >= 0.3 is 11.9 Å². The van der Waals surface area contributed by atoms with Crippen LogP contribution < -0.4 is 9.80 Å². The zero-order chi connectivity index (χ0) is 51.7. The Labute approximate surface area is 436 Å². The molecule has 380 valence electrons. The second-order valence-electron chi connectivity index (χ2n) is 20.8. The lowest BCUT2D eigenvalue weighted by molar-refractivity contribution is -0.135. The highest BCUT2D eigenvalue weighted by Crippen LogP contribution is 2.50. The van der Waals surface area contributed by atoms with Gasteiger partial charge in [-0.1, -0.05) is 73.5 Å². The number of amides is 2. The molecule has 0 radical (unpaired) electrons. The van der Waals surface area contributed by atoms with Crippen molar-refractivity contribution in [3.8, 4) is 11.1 Å². The average molecular weight is 1000 g/mol. The Morgan fingerprint density at radius 1 is 0.640 bits per heavy atom. The number of hydrogen-bond acceptors (Lipinski definition) is 9. The van der Waals surface area contributed by atoms with E-state index >= 15 is 9.59 Å². The van der Waals surface area contributed by atoms with Gasteiger partial charge in [-0.15, -0.1) is 0 Å². The molecule has 3 aromatic heterocycles. The van der Waals surface area contributed by atoms with Gasteiger partial charge < -0.3 is 19.3 Å². The highest BCUT2D eigenvalue weighted by Gasteiger charge is 2.45. The summed E-state index contributed by atoms with van der Waals surface area (Å²) >= 11 is 0. The van der Waals surface area contributed by atoms with Crippen LogP contribution in [0.5, 0.6) is 0 Å². The van der Waals surface area contributed by atoms with Crippen molar-refractivity contribution in [3.63, 3.8) is 0 Å². The predicted octanol–water partition coefficient (Wildman–Crippen LogP) is 11.5. The zero-order valence-electron chi connectivity index (χ0n) is 42.9. The summed E-state index contributed by atoms with van der Waals surface area (Å²) in [4.78, 5) is 64.0. The van der Waals surface area contributed by atoms with E-state index < -0.39 is 11.9 Å². The van der Waals surface area contributed by atoms with Crippen molar-refractivity contribution in [2.45, 2.75) is 70.4 Å². The van der Waals surface area contributed by atoms with Gasteiger partial charge in [-0.05, 0) is 155 Å². The van der Waals surface area contributed by atoms with Gasteiger partial charge in [0.15, 0.2) is 0 Å². The van der Waals surface area contributed by atoms with Crippen molar-refractivity contribution in [1.29, 1.82) is 0 Å². The van der Waals surface area contributed by atoms with E-state index in [-0.39, 0.29) is 36.1 Å². The molecule has 2 unspecified atom stereocenters. The number of rotatable bonds is 14. The standard InChI is InChI=1S/C62H61N7O6/c1-66-56-22-20-44(29-50(56)34-64-66)43-17-11-40(12-18-43)37-69(62(73)55-27-41-13-19-47(55)25-41)58-28-39(15-23-59(70)74-3)14-21-53(58)45-7-5-9-48(30-45)61(72)68(52-26-42(33-63-36-52)16-24-60(71)75-4)38-49-10-6-8-46-31-51-35-65-67(2)57(51)32-54(46)49/h6,8,10-12,14-18,20-24,26,28-29,31-36,41,45,47-48,55H,5,7,9,13,19,25,27,30,37-38H2,1-4H3/b23-15+,24-16+/t41-,45?,47+,48?,55-/m0/s1. The molecule has 3 aliphatic rings. The van der Waals surface area contributed by atoms with Gasteiger partial charge in [0.25, 0.3) is 0 Å². The minimum absolute atomic E-state index is 0.0222. The summed E-state index contributed by atoms with van der Waals surface area (Å²) in [5.74, 6) is -0.446. The number of aromatic nitrogens is 5. The van der Waals surface area contributed by atoms with Gasteiger partial charge in [0.2, 0.25) is 11.8 Å². The lowest BCUT2D eigenvalue weighted by Crippen LogP contribution is -2.39. The van der Waals surface area contributed by atoms with Crippen LogP contribution in [-0.4, -0.2) is 62.5 Å². The van der Waals surface area contributed by atoms with Crippen LogP contribution in [0.3, 0.4) is 0 Å². The van der Waals surface area contributed by atoms with Crippen LogP contribution in [0.1, 0.15) is 85.1 Å². The van der Waals surface area contributed by atoms with Crippen molar-refractivity contribution in [3.05, 3.63) is 162 Å². The van der Waals surface area contributed by atoms with Crippen LogP contribution in [0, 0.1) is 23.7 Å². The summed E-state index contributed by atoms with van der Waals surface area (Å²) < 4.78 is 13.6. The number of methoxy groups -OCH3 is 2. The van der Waals surface area contributed by atoms with Crippen LogP contribution >= 0.6 is 0 Å². The van der Waals surface area contributed by atoms with E-state index in [2.05, 4.69) is 88.0 Å². The molecule has 13 nitrogen and oxygen atoms in total. The average Bonchev–Trinajstić information content (AvgIpc) is 4.27. The van der Waals surface area contributed by atoms with E-state index in [0.29, 0.717) is 42.5 Å². The lowest BCUT2D eigenvalue weighted by Gasteiger charge is -2.36. The topological polar surface area (TPSA) is 142 Å². The Hall–Kier alpha value is -8.19. The summed E-state index contributed by atoms with van der Waals surface area (Å²) in [6.07, 6.45) is 20.4. The third-order valence-electron chi connectivity index (χ3n) is 16.2. The molecule has 8 aromatic rings. The summed E-state index contributed by atoms with van der Waals surface area (Å²) in [6.45, 7) is 0.639. The van der Waals surface area contributed by atoms with Gasteiger partial charge in [-0.2, -0.15) is 10.2 Å². The molecule has 3 saturated carbocycles. The van der Waals surface area contributed by atoms with Crippen LogP contribution in [0.25, 0.3) is 55.9 Å². The molecule has 0 saturated heterocycles. The first-order chi connectivity index (χ1) is 36.5. The molecule has 13 heteroatoms. The Morgan fingerprint density at radius 3 is 2.13 bits per heavy atom. The Balaban J connectivity index is 0.955. The summed E-state index contributed by atoms with van der Waals surface area (Å²) in [5.41, 5.74) is 10.1. The van der Waals surface area contributed by atoms with Crippen molar-refractivity contribution >= 4 is 79.9 Å². The van der Waals surface area contributed by atoms with E-state index in [4.69, 9.17) is 9.47 Å². The Kier molecular flexibility index (Phi) is 13.7. The SMILES string of the molecule is COC(=O)/C=C/c1cncc(N(Cc2cccc3cc4cnn(C)c4cc23)C(=O)C2CCCC(c3ccc(/C=C/C(=O)OC)cc3N(Cc3ccc(-c4ccc5c(cnn5C)c4)cc3)C(=O)[C@H]3C[C@H]4CC[C@@H]3C4)C2)c1. The molecule has 0 spiro atoms. The monoisotopic (exact) mass is 999 g/mol. The molecule has 0 aliphatic heterocycles. The fourth-order valence-corrected chi connectivity index (χ4v) is 12.3. The third kappa shape index (κ3) is 10.1. The minimum atomic E-state index is -0.491. The fraction of sp³-hybridized carbons (Fsp3) is 0.306. The molecule has 3 aliphatic carbocycles. The van der Waals surface area contributed by atoms with Gasteiger partial charge in [0, 0.05) is 60.7 Å². The maximum Gasteiger partial charge on any atom is 0.330 e. The smallest absolute Gasteiger partial charge is 0.330 e. The number of benzene rings is 5. The zero-order valence-corrected chi connectivity index (χ0v) is 42.9. The first-order valence-corrected chi connectivity index (χ1v) is 26.1. The maximum absolute atomic E-state index is 15.6. The van der Waals surface area contributed by atoms with Gasteiger partial charge in [-0.3, -0.25) is 23.9 Å². The molecule has 3 heterocycles. The van der Waals surface area contributed by atoms with Crippen LogP contribution in [0.15, 0.2) is 134 Å². The quantitative estimate of drug-likeness (QED) is 0.0768. The molecule has 2 bridgehead atoms. The summed E-state index contributed by atoms with van der Waals surface area (Å²) in [5, 5.41) is 13.1. The van der Waals surface area contributed by atoms with Gasteiger partial charge in [0.1, 0.15) is 0 Å². The third-order valence-corrected chi connectivity index (χ3v) is 16.2. The highest BCUT2D eigenvalue weighted by atomic mass is 16.5. The normalized spacial score (nSPS) is 19.4. The number of carbonyl (C=O) groups excluding carboxylic acids is 4. The fourth-order valence-electron chi connectivity index (χ4n) is 12.3. The molecule has 11 rings (SSSR count). The Morgan fingerprint density at radius 2 is 1.39 bits per heavy atom. The van der Waals surface area contributed by atoms with E-state index in [1.54, 1.807) is 24.5 Å². The molecule has 0 N–H and O–H groups in total. The van der Waals surface area contributed by atoms with Crippen LogP contribution in [0.4, 0.5) is 11.4 Å². The second kappa shape index (κ2) is 21.0. The molecule has 5 atom stereocenters. The minimum Gasteiger partial charge on any atom is -0.466 e. The number of esters is 2. The molecule has 2 amide bonds. The van der Waals surface area contributed by atoms with Gasteiger partial charge in [0.05, 0.1) is 62.6 Å². The highest BCUT2D eigenvalue weighted by molar-refractivity contribution is 6.01. The van der Waals surface area contributed by atoms with E-state index in [1.807, 2.05) is 69.9 Å². The predicted molar refractivity (Wildman–Crippen MR) is 293 cm³/mol. The number of ether oxygens (including phenoxy) is 2. The number of nitrogens with zero attached hydrogens (tertiary/aromatic N) is 7. The first kappa shape index (κ1) is 49.0. The molecule has 75 heavy (non-hydrogen) atoms. The van der Waals surface area contributed by atoms with E-state index in [0.717, 1.165) is 104 Å². The maximum atomic E-state index is 15.6. The first-order valence-electron chi connectivity index (χ1n) is 26.1. The second-order valence-corrected chi connectivity index (χ2v) is 20.8. The number of fused-ring (bicyclic) bond motifs is 5. The number of pyridine rings is 1. The largest absolute Gasteiger partial charge is 0.466 e. The molecule has 5 aromatic carbocycles. The number of anilines is 2. The summed E-state index contributed by atoms with van der Waals surface area (Å²) in [7, 11) is 6.57. The van der Waals surface area contributed by atoms with Gasteiger partial charge in [-0.25, -0.2) is 9.59 Å². The van der Waals surface area contributed by atoms with Crippen LogP contribution in [-0.2, 0) is 55.8 Å².